The van der Waals surface area contributed by atoms with Crippen LogP contribution < -0.4 is 11.1 Å². The molecular formula is C10H18N2O2. The van der Waals surface area contributed by atoms with Crippen molar-refractivity contribution in [3.05, 3.63) is 12.7 Å². The highest BCUT2D eigenvalue weighted by molar-refractivity contribution is 5.81. The first-order chi connectivity index (χ1) is 6.65. The van der Waals surface area contributed by atoms with Crippen molar-refractivity contribution in [1.82, 2.24) is 5.32 Å². The highest BCUT2D eigenvalue weighted by Crippen LogP contribution is 2.33. The van der Waals surface area contributed by atoms with Gasteiger partial charge in [0.2, 0.25) is 0 Å². The van der Waals surface area contributed by atoms with Gasteiger partial charge in [0.15, 0.2) is 0 Å². The molecule has 4 N–H and O–H groups in total. The molecule has 0 heterocycles. The predicted octanol–water partition coefficient (Wildman–Crippen LogP) is -0.223. The Balaban J connectivity index is 2.25. The molecule has 4 nitrogen and oxygen atoms in total. The Labute approximate surface area is 84.2 Å². The first-order valence-electron chi connectivity index (χ1n) is 4.97. The largest absolute Gasteiger partial charge is 0.382 e. The van der Waals surface area contributed by atoms with Crippen LogP contribution >= 0.6 is 0 Å². The van der Waals surface area contributed by atoms with E-state index in [-0.39, 0.29) is 0 Å². The van der Waals surface area contributed by atoms with Crippen LogP contribution in [0, 0.1) is 5.92 Å². The Morgan fingerprint density at radius 1 is 1.71 bits per heavy atom. The second-order valence-electron chi connectivity index (χ2n) is 3.82. The number of aliphatic hydroxyl groups excluding tert-OH is 1. The molecule has 0 aromatic carbocycles. The third-order valence-electron chi connectivity index (χ3n) is 2.40. The summed E-state index contributed by atoms with van der Waals surface area (Å²) in [7, 11) is 0. The van der Waals surface area contributed by atoms with E-state index in [2.05, 4.69) is 11.9 Å². The van der Waals surface area contributed by atoms with Gasteiger partial charge in [-0.05, 0) is 12.3 Å². The fraction of sp³-hybridized carbons (Fsp3) is 0.700. The maximum absolute atomic E-state index is 11.3. The van der Waals surface area contributed by atoms with E-state index in [4.69, 9.17) is 5.73 Å². The van der Waals surface area contributed by atoms with Gasteiger partial charge in [0.05, 0.1) is 0 Å². The van der Waals surface area contributed by atoms with Crippen molar-refractivity contribution < 1.29 is 9.90 Å². The summed E-state index contributed by atoms with van der Waals surface area (Å²) in [4.78, 5) is 11.3. The van der Waals surface area contributed by atoms with Crippen LogP contribution in [0.25, 0.3) is 0 Å². The second kappa shape index (κ2) is 5.12. The molecule has 0 spiro atoms. The highest BCUT2D eigenvalue weighted by Gasteiger charge is 2.29. The standard InChI is InChI=1S/C10H18N2O2/c1-2-5-12-10(14)9(13)8(11)6-7-3-4-7/h2,7-9,13H,1,3-6,11H2,(H,12,14)/t8-,9?/m1/s1. The summed E-state index contributed by atoms with van der Waals surface area (Å²) < 4.78 is 0. The summed E-state index contributed by atoms with van der Waals surface area (Å²) >= 11 is 0. The summed E-state index contributed by atoms with van der Waals surface area (Å²) in [6.45, 7) is 3.83. The van der Waals surface area contributed by atoms with Crippen molar-refractivity contribution in [3.63, 3.8) is 0 Å². The van der Waals surface area contributed by atoms with Crippen LogP contribution in [0.1, 0.15) is 19.3 Å². The van der Waals surface area contributed by atoms with Crippen LogP contribution in [0.15, 0.2) is 12.7 Å². The molecule has 0 aromatic heterocycles. The minimum Gasteiger partial charge on any atom is -0.382 e. The maximum Gasteiger partial charge on any atom is 0.250 e. The van der Waals surface area contributed by atoms with E-state index < -0.39 is 18.1 Å². The van der Waals surface area contributed by atoms with Crippen LogP contribution in [0.5, 0.6) is 0 Å². The summed E-state index contributed by atoms with van der Waals surface area (Å²) in [6, 6.07) is -0.438. The fourth-order valence-electron chi connectivity index (χ4n) is 1.34. The van der Waals surface area contributed by atoms with E-state index in [1.807, 2.05) is 0 Å². The topological polar surface area (TPSA) is 75.3 Å². The lowest BCUT2D eigenvalue weighted by Gasteiger charge is -2.17. The molecule has 1 unspecified atom stereocenters. The zero-order chi connectivity index (χ0) is 10.6. The molecule has 1 fully saturated rings. The van der Waals surface area contributed by atoms with Gasteiger partial charge in [0.1, 0.15) is 6.10 Å². The van der Waals surface area contributed by atoms with E-state index in [9.17, 15) is 9.90 Å². The number of hydrogen-bond donors (Lipinski definition) is 3. The molecule has 1 amide bonds. The number of nitrogens with two attached hydrogens (primary N) is 1. The molecule has 0 aromatic rings. The van der Waals surface area contributed by atoms with Crippen molar-refractivity contribution in [2.45, 2.75) is 31.4 Å². The lowest BCUT2D eigenvalue weighted by atomic mass is 10.1. The SMILES string of the molecule is C=CCNC(=O)C(O)[C@H](N)CC1CC1. The predicted molar refractivity (Wildman–Crippen MR) is 54.5 cm³/mol. The first-order valence-corrected chi connectivity index (χ1v) is 4.97. The fourth-order valence-corrected chi connectivity index (χ4v) is 1.34. The third-order valence-corrected chi connectivity index (χ3v) is 2.40. The lowest BCUT2D eigenvalue weighted by molar-refractivity contribution is -0.130. The summed E-state index contributed by atoms with van der Waals surface area (Å²) in [6.07, 6.45) is 3.57. The average Bonchev–Trinajstić information content (AvgIpc) is 2.96. The van der Waals surface area contributed by atoms with Gasteiger partial charge in [-0.15, -0.1) is 6.58 Å². The van der Waals surface area contributed by atoms with E-state index in [1.165, 1.54) is 12.8 Å². The number of nitrogens with one attached hydrogen (secondary N) is 1. The normalized spacial score (nSPS) is 19.9. The number of aliphatic hydroxyl groups is 1. The molecule has 1 aliphatic carbocycles. The van der Waals surface area contributed by atoms with Crippen LogP contribution in [-0.4, -0.2) is 29.7 Å². The Kier molecular flexibility index (Phi) is 4.10. The van der Waals surface area contributed by atoms with Crippen molar-refractivity contribution >= 4 is 5.91 Å². The lowest BCUT2D eigenvalue weighted by Crippen LogP contribution is -2.46. The Morgan fingerprint density at radius 2 is 2.36 bits per heavy atom. The van der Waals surface area contributed by atoms with Gasteiger partial charge in [0.25, 0.3) is 5.91 Å². The first kappa shape index (κ1) is 11.2. The van der Waals surface area contributed by atoms with Crippen LogP contribution in [0.3, 0.4) is 0 Å². The Bertz CT molecular complexity index is 214. The van der Waals surface area contributed by atoms with E-state index in [0.717, 1.165) is 6.42 Å². The molecule has 0 saturated heterocycles. The van der Waals surface area contributed by atoms with Gasteiger partial charge < -0.3 is 16.2 Å². The zero-order valence-electron chi connectivity index (χ0n) is 8.28. The number of rotatable bonds is 6. The van der Waals surface area contributed by atoms with Crippen LogP contribution in [0.4, 0.5) is 0 Å². The van der Waals surface area contributed by atoms with Crippen LogP contribution in [0.2, 0.25) is 0 Å². The molecule has 1 rings (SSSR count). The van der Waals surface area contributed by atoms with Gasteiger partial charge in [-0.2, -0.15) is 0 Å². The minimum absolute atomic E-state index is 0.367. The molecule has 1 aliphatic rings. The molecule has 0 aliphatic heterocycles. The zero-order valence-corrected chi connectivity index (χ0v) is 8.28. The Morgan fingerprint density at radius 3 is 2.86 bits per heavy atom. The maximum atomic E-state index is 11.3. The monoisotopic (exact) mass is 198 g/mol. The van der Waals surface area contributed by atoms with Crippen molar-refractivity contribution in [1.29, 1.82) is 0 Å². The molecule has 1 saturated carbocycles. The number of carbonyl (C=O) groups excluding carboxylic acids is 1. The summed E-state index contributed by atoms with van der Waals surface area (Å²) in [5, 5.41) is 12.0. The van der Waals surface area contributed by atoms with E-state index in [0.29, 0.717) is 12.5 Å². The third kappa shape index (κ3) is 3.47. The van der Waals surface area contributed by atoms with Gasteiger partial charge in [-0.3, -0.25) is 4.79 Å². The number of carbonyl (C=O) groups is 1. The molecular weight excluding hydrogens is 180 g/mol. The molecule has 0 bridgehead atoms. The smallest absolute Gasteiger partial charge is 0.250 e. The van der Waals surface area contributed by atoms with Crippen LogP contribution in [-0.2, 0) is 4.79 Å². The molecule has 14 heavy (non-hydrogen) atoms. The molecule has 2 atom stereocenters. The van der Waals surface area contributed by atoms with Crippen molar-refractivity contribution in [2.24, 2.45) is 11.7 Å². The average molecular weight is 198 g/mol. The second-order valence-corrected chi connectivity index (χ2v) is 3.82. The van der Waals surface area contributed by atoms with Gasteiger partial charge >= 0.3 is 0 Å². The summed E-state index contributed by atoms with van der Waals surface area (Å²) in [5.74, 6) is 0.213. The molecule has 4 heteroatoms. The van der Waals surface area contributed by atoms with Crippen molar-refractivity contribution in [3.8, 4) is 0 Å². The van der Waals surface area contributed by atoms with Crippen molar-refractivity contribution in [2.75, 3.05) is 6.54 Å². The quantitative estimate of drug-likeness (QED) is 0.516. The molecule has 80 valence electrons. The van der Waals surface area contributed by atoms with Gasteiger partial charge in [-0.1, -0.05) is 18.9 Å². The highest BCUT2D eigenvalue weighted by atomic mass is 16.3. The number of hydrogen-bond acceptors (Lipinski definition) is 3. The van der Waals surface area contributed by atoms with E-state index >= 15 is 0 Å². The summed E-state index contributed by atoms with van der Waals surface area (Å²) in [5.41, 5.74) is 5.69. The van der Waals surface area contributed by atoms with Gasteiger partial charge in [0, 0.05) is 12.6 Å². The molecule has 0 radical (unpaired) electrons. The minimum atomic E-state index is -1.09. The van der Waals surface area contributed by atoms with E-state index in [1.54, 1.807) is 6.08 Å². The van der Waals surface area contributed by atoms with Gasteiger partial charge in [-0.25, -0.2) is 0 Å². The Hall–Kier alpha value is -0.870. The number of amides is 1.